The molecule has 112 valence electrons. The summed E-state index contributed by atoms with van der Waals surface area (Å²) in [4.78, 5) is 4.22. The summed E-state index contributed by atoms with van der Waals surface area (Å²) < 4.78 is 5.68. The lowest BCUT2D eigenvalue weighted by Crippen LogP contribution is -2.31. The number of benzene rings is 1. The van der Waals surface area contributed by atoms with E-state index in [1.807, 2.05) is 50.2 Å². The van der Waals surface area contributed by atoms with Gasteiger partial charge in [0.2, 0.25) is 0 Å². The summed E-state index contributed by atoms with van der Waals surface area (Å²) >= 11 is 0. The summed E-state index contributed by atoms with van der Waals surface area (Å²) in [5.74, 6) is 0.832. The monoisotopic (exact) mass is 286 g/mol. The highest BCUT2D eigenvalue weighted by Crippen LogP contribution is 2.19. The maximum atomic E-state index is 9.94. The Morgan fingerprint density at radius 3 is 2.86 bits per heavy atom. The molecule has 2 rings (SSSR count). The molecule has 1 aromatic carbocycles. The molecule has 2 aromatic rings. The minimum absolute atomic E-state index is 0.277. The largest absolute Gasteiger partial charge is 0.491 e. The number of hydrogen-bond donors (Lipinski definition) is 2. The molecule has 0 radical (unpaired) electrons. The van der Waals surface area contributed by atoms with Crippen molar-refractivity contribution in [2.45, 2.75) is 26.5 Å². The topological polar surface area (TPSA) is 54.4 Å². The average Bonchev–Trinajstić information content (AvgIpc) is 2.49. The molecular weight excluding hydrogens is 264 g/mol. The maximum Gasteiger partial charge on any atom is 0.122 e. The van der Waals surface area contributed by atoms with Gasteiger partial charge < -0.3 is 15.2 Å². The third-order valence-corrected chi connectivity index (χ3v) is 3.19. The molecule has 1 aromatic heterocycles. The number of nitrogens with one attached hydrogen (secondary N) is 1. The second kappa shape index (κ2) is 7.76. The van der Waals surface area contributed by atoms with E-state index in [-0.39, 0.29) is 6.61 Å². The van der Waals surface area contributed by atoms with Crippen LogP contribution in [0.2, 0.25) is 0 Å². The Kier molecular flexibility index (Phi) is 5.72. The third kappa shape index (κ3) is 5.17. The fraction of sp³-hybridized carbons (Fsp3) is 0.353. The fourth-order valence-electron chi connectivity index (χ4n) is 1.98. The van der Waals surface area contributed by atoms with E-state index in [0.717, 1.165) is 22.6 Å². The molecule has 0 amide bonds. The number of aryl methyl sites for hydroxylation is 2. The number of aromatic nitrogens is 1. The highest BCUT2D eigenvalue weighted by atomic mass is 16.5. The van der Waals surface area contributed by atoms with E-state index in [2.05, 4.69) is 10.3 Å². The maximum absolute atomic E-state index is 9.94. The second-order valence-corrected chi connectivity index (χ2v) is 5.19. The van der Waals surface area contributed by atoms with Gasteiger partial charge in [-0.25, -0.2) is 0 Å². The van der Waals surface area contributed by atoms with Crippen LogP contribution >= 0.6 is 0 Å². The quantitative estimate of drug-likeness (QED) is 0.819. The lowest BCUT2D eigenvalue weighted by Gasteiger charge is -2.15. The van der Waals surface area contributed by atoms with Crippen molar-refractivity contribution in [3.63, 3.8) is 0 Å². The first kappa shape index (κ1) is 15.5. The number of ether oxygens (including phenoxy) is 1. The molecule has 0 aliphatic carbocycles. The number of aliphatic hydroxyl groups excluding tert-OH is 1. The molecule has 0 spiro atoms. The van der Waals surface area contributed by atoms with Crippen LogP contribution in [0.25, 0.3) is 0 Å². The Morgan fingerprint density at radius 2 is 2.10 bits per heavy atom. The first-order chi connectivity index (χ1) is 10.1. The van der Waals surface area contributed by atoms with Crippen molar-refractivity contribution in [1.82, 2.24) is 10.3 Å². The first-order valence-corrected chi connectivity index (χ1v) is 7.14. The molecule has 0 saturated heterocycles. The van der Waals surface area contributed by atoms with Gasteiger partial charge in [-0.1, -0.05) is 18.2 Å². The summed E-state index contributed by atoms with van der Waals surface area (Å²) in [6.07, 6.45) is 1.21. The van der Waals surface area contributed by atoms with Crippen molar-refractivity contribution in [2.24, 2.45) is 0 Å². The van der Waals surface area contributed by atoms with Gasteiger partial charge in [-0.2, -0.15) is 0 Å². The Labute approximate surface area is 125 Å². The molecule has 0 fully saturated rings. The van der Waals surface area contributed by atoms with Crippen molar-refractivity contribution < 1.29 is 9.84 Å². The van der Waals surface area contributed by atoms with Gasteiger partial charge in [0.05, 0.1) is 5.69 Å². The molecule has 2 N–H and O–H groups in total. The summed E-state index contributed by atoms with van der Waals surface area (Å²) in [5, 5.41) is 13.1. The van der Waals surface area contributed by atoms with Crippen molar-refractivity contribution in [3.05, 3.63) is 59.4 Å². The lowest BCUT2D eigenvalue weighted by atomic mass is 10.1. The lowest BCUT2D eigenvalue weighted by molar-refractivity contribution is 0.105. The Morgan fingerprint density at radius 1 is 1.24 bits per heavy atom. The minimum atomic E-state index is -0.548. The van der Waals surface area contributed by atoms with Crippen LogP contribution in [0.1, 0.15) is 16.8 Å². The van der Waals surface area contributed by atoms with E-state index in [0.29, 0.717) is 13.1 Å². The van der Waals surface area contributed by atoms with Gasteiger partial charge in [0.15, 0.2) is 0 Å². The van der Waals surface area contributed by atoms with Crippen LogP contribution in [0.5, 0.6) is 5.75 Å². The van der Waals surface area contributed by atoms with Gasteiger partial charge in [-0.15, -0.1) is 0 Å². The molecule has 0 aliphatic rings. The molecule has 0 saturated carbocycles. The fourth-order valence-corrected chi connectivity index (χ4v) is 1.98. The molecule has 0 bridgehead atoms. The Balaban J connectivity index is 1.72. The van der Waals surface area contributed by atoms with Gasteiger partial charge in [0, 0.05) is 19.3 Å². The van der Waals surface area contributed by atoms with E-state index < -0.39 is 6.10 Å². The zero-order valence-corrected chi connectivity index (χ0v) is 12.5. The molecular formula is C17H22N2O2. The van der Waals surface area contributed by atoms with Crippen molar-refractivity contribution in [2.75, 3.05) is 13.2 Å². The summed E-state index contributed by atoms with van der Waals surface area (Å²) in [6, 6.07) is 11.8. The van der Waals surface area contributed by atoms with Crippen LogP contribution in [-0.4, -0.2) is 29.3 Å². The number of nitrogens with zero attached hydrogens (tertiary/aromatic N) is 1. The summed E-state index contributed by atoms with van der Waals surface area (Å²) in [5.41, 5.74) is 3.19. The molecule has 1 heterocycles. The van der Waals surface area contributed by atoms with Crippen LogP contribution in [0, 0.1) is 13.8 Å². The standard InChI is InChI=1S/C17H22N2O2/c1-13-6-7-14(2)17(9-13)21-12-16(20)11-18-10-15-5-3-4-8-19-15/h3-9,16,18,20H,10-12H2,1-2H3. The van der Waals surface area contributed by atoms with Crippen LogP contribution in [0.3, 0.4) is 0 Å². The van der Waals surface area contributed by atoms with Crippen LogP contribution in [0.4, 0.5) is 0 Å². The van der Waals surface area contributed by atoms with E-state index in [9.17, 15) is 5.11 Å². The van der Waals surface area contributed by atoms with Gasteiger partial charge in [-0.05, 0) is 43.2 Å². The van der Waals surface area contributed by atoms with E-state index >= 15 is 0 Å². The zero-order chi connectivity index (χ0) is 15.1. The van der Waals surface area contributed by atoms with Crippen LogP contribution in [0.15, 0.2) is 42.6 Å². The van der Waals surface area contributed by atoms with Gasteiger partial charge in [0.1, 0.15) is 18.5 Å². The molecule has 21 heavy (non-hydrogen) atoms. The molecule has 4 nitrogen and oxygen atoms in total. The van der Waals surface area contributed by atoms with Crippen LogP contribution < -0.4 is 10.1 Å². The zero-order valence-electron chi connectivity index (χ0n) is 12.5. The highest BCUT2D eigenvalue weighted by molar-refractivity contribution is 5.35. The van der Waals surface area contributed by atoms with Crippen LogP contribution in [-0.2, 0) is 6.54 Å². The normalized spacial score (nSPS) is 12.1. The SMILES string of the molecule is Cc1ccc(C)c(OCC(O)CNCc2ccccn2)c1. The van der Waals surface area contributed by atoms with Gasteiger partial charge >= 0.3 is 0 Å². The van der Waals surface area contributed by atoms with E-state index in [4.69, 9.17) is 4.74 Å². The van der Waals surface area contributed by atoms with Crippen molar-refractivity contribution >= 4 is 0 Å². The predicted octanol–water partition coefficient (Wildman–Crippen LogP) is 2.23. The number of hydrogen-bond acceptors (Lipinski definition) is 4. The number of aliphatic hydroxyl groups is 1. The van der Waals surface area contributed by atoms with Crippen molar-refractivity contribution in [1.29, 1.82) is 0 Å². The third-order valence-electron chi connectivity index (χ3n) is 3.19. The summed E-state index contributed by atoms with van der Waals surface area (Å²) in [6.45, 7) is 5.42. The molecule has 0 aliphatic heterocycles. The minimum Gasteiger partial charge on any atom is -0.491 e. The van der Waals surface area contributed by atoms with Gasteiger partial charge in [-0.3, -0.25) is 4.98 Å². The molecule has 1 unspecified atom stereocenters. The number of pyridine rings is 1. The smallest absolute Gasteiger partial charge is 0.122 e. The van der Waals surface area contributed by atoms with E-state index in [1.54, 1.807) is 6.20 Å². The van der Waals surface area contributed by atoms with E-state index in [1.165, 1.54) is 0 Å². The number of rotatable bonds is 7. The molecule has 4 heteroatoms. The van der Waals surface area contributed by atoms with Crippen molar-refractivity contribution in [3.8, 4) is 5.75 Å². The summed E-state index contributed by atoms with van der Waals surface area (Å²) in [7, 11) is 0. The van der Waals surface area contributed by atoms with Gasteiger partial charge in [0.25, 0.3) is 0 Å². The Bertz CT molecular complexity index is 558. The highest BCUT2D eigenvalue weighted by Gasteiger charge is 2.07. The predicted molar refractivity (Wildman–Crippen MR) is 83.4 cm³/mol. The second-order valence-electron chi connectivity index (χ2n) is 5.19. The molecule has 1 atom stereocenters. The Hall–Kier alpha value is -1.91. The average molecular weight is 286 g/mol. The first-order valence-electron chi connectivity index (χ1n) is 7.14.